The van der Waals surface area contributed by atoms with E-state index in [1.54, 1.807) is 0 Å². The number of nitrogens with one attached hydrogen (secondary N) is 1. The van der Waals surface area contributed by atoms with Crippen molar-refractivity contribution in [2.75, 3.05) is 18.5 Å². The lowest BCUT2D eigenvalue weighted by atomic mass is 10.1. The van der Waals surface area contributed by atoms with Crippen LogP contribution in [0, 0.1) is 13.8 Å². The van der Waals surface area contributed by atoms with Crippen LogP contribution in [0.25, 0.3) is 0 Å². The SMILES string of the molecule is Cc1ccc(NC[C@H](O)CO)cc1C. The molecule has 0 saturated heterocycles. The highest BCUT2D eigenvalue weighted by atomic mass is 16.3. The maximum atomic E-state index is 9.13. The van der Waals surface area contributed by atoms with E-state index in [4.69, 9.17) is 10.2 Å². The van der Waals surface area contributed by atoms with Gasteiger partial charge >= 0.3 is 0 Å². The predicted octanol–water partition coefficient (Wildman–Crippen LogP) is 1.07. The Hall–Kier alpha value is -1.06. The molecule has 78 valence electrons. The molecule has 1 rings (SSSR count). The third-order valence-electron chi connectivity index (χ3n) is 2.26. The van der Waals surface area contributed by atoms with Gasteiger partial charge in [0.2, 0.25) is 0 Å². The number of hydrogen-bond acceptors (Lipinski definition) is 3. The third kappa shape index (κ3) is 3.01. The molecule has 0 aromatic heterocycles. The van der Waals surface area contributed by atoms with Crippen molar-refractivity contribution in [3.8, 4) is 0 Å². The fourth-order valence-corrected chi connectivity index (χ4v) is 1.15. The number of aryl methyl sites for hydroxylation is 2. The van der Waals surface area contributed by atoms with Crippen LogP contribution < -0.4 is 5.32 Å². The van der Waals surface area contributed by atoms with E-state index in [0.29, 0.717) is 6.54 Å². The van der Waals surface area contributed by atoms with Crippen LogP contribution >= 0.6 is 0 Å². The molecule has 1 atom stereocenters. The Labute approximate surface area is 84.4 Å². The lowest BCUT2D eigenvalue weighted by molar-refractivity contribution is 0.105. The molecule has 0 saturated carbocycles. The summed E-state index contributed by atoms with van der Waals surface area (Å²) >= 11 is 0. The summed E-state index contributed by atoms with van der Waals surface area (Å²) in [5, 5.41) is 20.8. The van der Waals surface area contributed by atoms with Crippen molar-refractivity contribution in [3.05, 3.63) is 29.3 Å². The zero-order valence-corrected chi connectivity index (χ0v) is 8.62. The zero-order valence-electron chi connectivity index (χ0n) is 8.62. The largest absolute Gasteiger partial charge is 0.394 e. The molecule has 1 aromatic carbocycles. The number of rotatable bonds is 4. The average molecular weight is 195 g/mol. The molecule has 0 heterocycles. The van der Waals surface area contributed by atoms with Gasteiger partial charge in [-0.3, -0.25) is 0 Å². The van der Waals surface area contributed by atoms with E-state index < -0.39 is 6.10 Å². The van der Waals surface area contributed by atoms with Crippen LogP contribution in [0.2, 0.25) is 0 Å². The van der Waals surface area contributed by atoms with Gasteiger partial charge in [0.1, 0.15) is 0 Å². The molecular formula is C11H17NO2. The summed E-state index contributed by atoms with van der Waals surface area (Å²) in [7, 11) is 0. The first-order valence-electron chi connectivity index (χ1n) is 4.73. The van der Waals surface area contributed by atoms with Crippen molar-refractivity contribution < 1.29 is 10.2 Å². The Morgan fingerprint density at radius 3 is 2.57 bits per heavy atom. The van der Waals surface area contributed by atoms with Gasteiger partial charge in [0.05, 0.1) is 12.7 Å². The Morgan fingerprint density at radius 2 is 2.00 bits per heavy atom. The van der Waals surface area contributed by atoms with Gasteiger partial charge in [0.15, 0.2) is 0 Å². The molecule has 0 spiro atoms. The number of benzene rings is 1. The molecule has 3 nitrogen and oxygen atoms in total. The van der Waals surface area contributed by atoms with Crippen LogP contribution in [0.4, 0.5) is 5.69 Å². The Bertz CT molecular complexity index is 299. The fraction of sp³-hybridized carbons (Fsp3) is 0.455. The minimum absolute atomic E-state index is 0.210. The second-order valence-corrected chi connectivity index (χ2v) is 3.52. The molecule has 0 radical (unpaired) electrons. The standard InChI is InChI=1S/C11H17NO2/c1-8-3-4-10(5-9(8)2)12-6-11(14)7-13/h3-5,11-14H,6-7H2,1-2H3/t11-/m0/s1. The second kappa shape index (κ2) is 4.98. The molecule has 3 heteroatoms. The van der Waals surface area contributed by atoms with Crippen LogP contribution in [0.3, 0.4) is 0 Å². The first-order valence-corrected chi connectivity index (χ1v) is 4.73. The van der Waals surface area contributed by atoms with Gasteiger partial charge in [-0.05, 0) is 37.1 Å². The summed E-state index contributed by atoms with van der Waals surface area (Å²) in [4.78, 5) is 0. The summed E-state index contributed by atoms with van der Waals surface area (Å²) in [6.45, 7) is 4.27. The second-order valence-electron chi connectivity index (χ2n) is 3.52. The van der Waals surface area contributed by atoms with Gasteiger partial charge in [-0.2, -0.15) is 0 Å². The Balaban J connectivity index is 2.55. The highest BCUT2D eigenvalue weighted by Crippen LogP contribution is 2.13. The first kappa shape index (κ1) is 11.0. The highest BCUT2D eigenvalue weighted by Gasteiger charge is 2.01. The van der Waals surface area contributed by atoms with Gasteiger partial charge in [0.25, 0.3) is 0 Å². The number of anilines is 1. The number of aliphatic hydroxyl groups excluding tert-OH is 2. The summed E-state index contributed by atoms with van der Waals surface area (Å²) in [6, 6.07) is 6.02. The van der Waals surface area contributed by atoms with Crippen molar-refractivity contribution in [2.24, 2.45) is 0 Å². The van der Waals surface area contributed by atoms with E-state index >= 15 is 0 Å². The number of aliphatic hydroxyl groups is 2. The molecule has 0 aliphatic heterocycles. The summed E-state index contributed by atoms with van der Waals surface area (Å²) in [5.41, 5.74) is 3.44. The van der Waals surface area contributed by atoms with Gasteiger partial charge in [-0.25, -0.2) is 0 Å². The van der Waals surface area contributed by atoms with Gasteiger partial charge < -0.3 is 15.5 Å². The van der Waals surface area contributed by atoms with E-state index in [1.165, 1.54) is 11.1 Å². The Morgan fingerprint density at radius 1 is 1.29 bits per heavy atom. The van der Waals surface area contributed by atoms with Crippen LogP contribution in [-0.4, -0.2) is 29.5 Å². The lowest BCUT2D eigenvalue weighted by Gasteiger charge is -2.11. The topological polar surface area (TPSA) is 52.5 Å². The van der Waals surface area contributed by atoms with E-state index in [2.05, 4.69) is 12.2 Å². The van der Waals surface area contributed by atoms with Crippen LogP contribution in [0.5, 0.6) is 0 Å². The van der Waals surface area contributed by atoms with Crippen LogP contribution in [0.1, 0.15) is 11.1 Å². The molecule has 0 unspecified atom stereocenters. The smallest absolute Gasteiger partial charge is 0.0942 e. The van der Waals surface area contributed by atoms with E-state index in [0.717, 1.165) is 5.69 Å². The van der Waals surface area contributed by atoms with Crippen molar-refractivity contribution in [2.45, 2.75) is 20.0 Å². The van der Waals surface area contributed by atoms with Gasteiger partial charge in [-0.15, -0.1) is 0 Å². The molecule has 14 heavy (non-hydrogen) atoms. The van der Waals surface area contributed by atoms with Crippen LogP contribution in [-0.2, 0) is 0 Å². The average Bonchev–Trinajstić information content (AvgIpc) is 2.19. The van der Waals surface area contributed by atoms with E-state index in [-0.39, 0.29) is 6.61 Å². The molecule has 0 aliphatic rings. The van der Waals surface area contributed by atoms with Crippen molar-refractivity contribution in [1.29, 1.82) is 0 Å². The van der Waals surface area contributed by atoms with Crippen LogP contribution in [0.15, 0.2) is 18.2 Å². The zero-order chi connectivity index (χ0) is 10.6. The van der Waals surface area contributed by atoms with E-state index in [1.807, 2.05) is 25.1 Å². The molecule has 0 bridgehead atoms. The maximum Gasteiger partial charge on any atom is 0.0942 e. The predicted molar refractivity (Wildman–Crippen MR) is 57.5 cm³/mol. The van der Waals surface area contributed by atoms with E-state index in [9.17, 15) is 0 Å². The monoisotopic (exact) mass is 195 g/mol. The summed E-state index contributed by atoms with van der Waals surface area (Å²) < 4.78 is 0. The fourth-order valence-electron chi connectivity index (χ4n) is 1.15. The molecular weight excluding hydrogens is 178 g/mol. The molecule has 1 aromatic rings. The minimum atomic E-state index is -0.698. The number of hydrogen-bond donors (Lipinski definition) is 3. The normalized spacial score (nSPS) is 12.6. The van der Waals surface area contributed by atoms with Gasteiger partial charge in [0, 0.05) is 12.2 Å². The lowest BCUT2D eigenvalue weighted by Crippen LogP contribution is -2.22. The third-order valence-corrected chi connectivity index (χ3v) is 2.26. The van der Waals surface area contributed by atoms with Gasteiger partial charge in [-0.1, -0.05) is 6.07 Å². The van der Waals surface area contributed by atoms with Crippen molar-refractivity contribution >= 4 is 5.69 Å². The highest BCUT2D eigenvalue weighted by molar-refractivity contribution is 5.48. The summed E-state index contributed by atoms with van der Waals surface area (Å²) in [6.07, 6.45) is -0.698. The summed E-state index contributed by atoms with van der Waals surface area (Å²) in [5.74, 6) is 0. The maximum absolute atomic E-state index is 9.13. The quantitative estimate of drug-likeness (QED) is 0.673. The molecule has 0 aliphatic carbocycles. The minimum Gasteiger partial charge on any atom is -0.394 e. The first-order chi connectivity index (χ1) is 6.63. The van der Waals surface area contributed by atoms with Crippen molar-refractivity contribution in [3.63, 3.8) is 0 Å². The van der Waals surface area contributed by atoms with Crippen molar-refractivity contribution in [1.82, 2.24) is 0 Å². The molecule has 0 amide bonds. The Kier molecular flexibility index (Phi) is 3.92. The molecule has 3 N–H and O–H groups in total. The molecule has 0 fully saturated rings.